The number of hydrogen-bond donors (Lipinski definition) is 2. The number of morpholine rings is 1. The van der Waals surface area contributed by atoms with E-state index in [1.54, 1.807) is 0 Å². The van der Waals surface area contributed by atoms with E-state index in [4.69, 9.17) is 4.74 Å². The molecule has 1 aliphatic heterocycles. The number of aromatic nitrogens is 2. The molecule has 3 heterocycles. The zero-order chi connectivity index (χ0) is 22.8. The molecule has 2 aliphatic rings. The molecule has 8 nitrogen and oxygen atoms in total. The van der Waals surface area contributed by atoms with Gasteiger partial charge in [-0.2, -0.15) is 0 Å². The number of rotatable bonds is 5. The van der Waals surface area contributed by atoms with Crippen molar-refractivity contribution in [3.05, 3.63) is 69.9 Å². The molecular formula is C24H24N4O4S. The number of aryl methyl sites for hydroxylation is 1. The molecule has 9 heteroatoms. The maximum Gasteiger partial charge on any atom is 0.339 e. The maximum absolute atomic E-state index is 12.8. The van der Waals surface area contributed by atoms with Gasteiger partial charge in [0.25, 0.3) is 5.91 Å². The second kappa shape index (κ2) is 9.29. The number of anilines is 2. The molecule has 1 aromatic carbocycles. The Morgan fingerprint density at radius 3 is 2.58 bits per heavy atom. The van der Waals surface area contributed by atoms with Gasteiger partial charge in [0.2, 0.25) is 5.95 Å². The van der Waals surface area contributed by atoms with E-state index < -0.39 is 11.9 Å². The standard InChI is InChI=1S/C24H24N4O4S/c29-21(18-12-25-24(26-13-18)28-7-9-32-10-8-28)27-22-20(23(30)31)19(14-33-22)17-6-5-15-3-1-2-4-16(15)11-17/h1-4,12-14,17H,5-11H2,(H,27,29)(H,30,31). The van der Waals surface area contributed by atoms with Crippen molar-refractivity contribution in [3.63, 3.8) is 0 Å². The second-order valence-corrected chi connectivity index (χ2v) is 9.11. The van der Waals surface area contributed by atoms with Crippen molar-refractivity contribution in [2.75, 3.05) is 36.5 Å². The summed E-state index contributed by atoms with van der Waals surface area (Å²) in [7, 11) is 0. The average Bonchev–Trinajstić information content (AvgIpc) is 3.28. The molecule has 0 radical (unpaired) electrons. The summed E-state index contributed by atoms with van der Waals surface area (Å²) >= 11 is 1.25. The lowest BCUT2D eigenvalue weighted by molar-refractivity contribution is 0.0696. The summed E-state index contributed by atoms with van der Waals surface area (Å²) in [5.41, 5.74) is 3.85. The predicted octanol–water partition coefficient (Wildman–Crippen LogP) is 3.60. The number of nitrogens with one attached hydrogen (secondary N) is 1. The fourth-order valence-electron chi connectivity index (χ4n) is 4.49. The number of amides is 1. The van der Waals surface area contributed by atoms with Gasteiger partial charge in [-0.1, -0.05) is 24.3 Å². The van der Waals surface area contributed by atoms with Gasteiger partial charge in [-0.05, 0) is 47.3 Å². The van der Waals surface area contributed by atoms with Crippen LogP contribution in [0.1, 0.15) is 49.7 Å². The van der Waals surface area contributed by atoms with Crippen molar-refractivity contribution in [3.8, 4) is 0 Å². The van der Waals surface area contributed by atoms with Crippen LogP contribution in [-0.2, 0) is 17.6 Å². The number of hydrogen-bond acceptors (Lipinski definition) is 7. The first kappa shape index (κ1) is 21.5. The first-order valence-corrected chi connectivity index (χ1v) is 11.9. The van der Waals surface area contributed by atoms with Gasteiger partial charge in [0.1, 0.15) is 5.00 Å². The molecular weight excluding hydrogens is 440 g/mol. The second-order valence-electron chi connectivity index (χ2n) is 8.23. The van der Waals surface area contributed by atoms with E-state index in [1.165, 1.54) is 34.9 Å². The van der Waals surface area contributed by atoms with Crippen molar-refractivity contribution in [2.45, 2.75) is 25.2 Å². The number of aromatic carboxylic acids is 1. The van der Waals surface area contributed by atoms with Gasteiger partial charge >= 0.3 is 5.97 Å². The first-order chi connectivity index (χ1) is 16.1. The van der Waals surface area contributed by atoms with E-state index in [0.29, 0.717) is 37.3 Å². The number of fused-ring (bicyclic) bond motifs is 1. The average molecular weight is 465 g/mol. The fourth-order valence-corrected chi connectivity index (χ4v) is 5.52. The van der Waals surface area contributed by atoms with E-state index >= 15 is 0 Å². The first-order valence-electron chi connectivity index (χ1n) is 11.0. The Morgan fingerprint density at radius 2 is 1.85 bits per heavy atom. The Labute approximate surface area is 195 Å². The van der Waals surface area contributed by atoms with E-state index in [1.807, 2.05) is 22.4 Å². The summed E-state index contributed by atoms with van der Waals surface area (Å²) in [6, 6.07) is 8.30. The van der Waals surface area contributed by atoms with Crippen LogP contribution in [0.15, 0.2) is 42.0 Å². The Morgan fingerprint density at radius 1 is 1.12 bits per heavy atom. The summed E-state index contributed by atoms with van der Waals surface area (Å²) in [5.74, 6) is -0.783. The van der Waals surface area contributed by atoms with Gasteiger partial charge < -0.3 is 20.1 Å². The lowest BCUT2D eigenvalue weighted by Gasteiger charge is -2.26. The van der Waals surface area contributed by atoms with Crippen LogP contribution >= 0.6 is 11.3 Å². The van der Waals surface area contributed by atoms with E-state index in [0.717, 1.165) is 24.8 Å². The van der Waals surface area contributed by atoms with Gasteiger partial charge in [-0.15, -0.1) is 11.3 Å². The topological polar surface area (TPSA) is 105 Å². The molecule has 1 unspecified atom stereocenters. The van der Waals surface area contributed by atoms with E-state index in [-0.39, 0.29) is 17.0 Å². The summed E-state index contributed by atoms with van der Waals surface area (Å²) in [6.07, 6.45) is 5.56. The summed E-state index contributed by atoms with van der Waals surface area (Å²) in [6.45, 7) is 2.65. The van der Waals surface area contributed by atoms with Crippen LogP contribution in [0.4, 0.5) is 10.9 Å². The number of carbonyl (C=O) groups excluding carboxylic acids is 1. The molecule has 1 atom stereocenters. The van der Waals surface area contributed by atoms with Gasteiger partial charge in [-0.3, -0.25) is 4.79 Å². The highest BCUT2D eigenvalue weighted by Gasteiger charge is 2.28. The highest BCUT2D eigenvalue weighted by atomic mass is 32.1. The van der Waals surface area contributed by atoms with Gasteiger partial charge in [0, 0.05) is 25.5 Å². The van der Waals surface area contributed by atoms with E-state index in [9.17, 15) is 14.7 Å². The van der Waals surface area contributed by atoms with Crippen molar-refractivity contribution < 1.29 is 19.4 Å². The van der Waals surface area contributed by atoms with Crippen LogP contribution in [0.2, 0.25) is 0 Å². The predicted molar refractivity (Wildman–Crippen MR) is 126 cm³/mol. The van der Waals surface area contributed by atoms with Crippen LogP contribution in [-0.4, -0.2) is 53.3 Å². The van der Waals surface area contributed by atoms with Crippen LogP contribution in [0.5, 0.6) is 0 Å². The van der Waals surface area contributed by atoms with Crippen molar-refractivity contribution >= 4 is 34.2 Å². The summed E-state index contributed by atoms with van der Waals surface area (Å²) in [5, 5.41) is 14.9. The molecule has 3 aromatic rings. The highest BCUT2D eigenvalue weighted by Crippen LogP contribution is 2.39. The smallest absolute Gasteiger partial charge is 0.339 e. The highest BCUT2D eigenvalue weighted by molar-refractivity contribution is 7.15. The summed E-state index contributed by atoms with van der Waals surface area (Å²) < 4.78 is 5.33. The monoisotopic (exact) mass is 464 g/mol. The number of carbonyl (C=O) groups is 2. The van der Waals surface area contributed by atoms with Crippen molar-refractivity contribution in [1.82, 2.24) is 9.97 Å². The maximum atomic E-state index is 12.8. The molecule has 33 heavy (non-hydrogen) atoms. The zero-order valence-electron chi connectivity index (χ0n) is 18.0. The molecule has 2 N–H and O–H groups in total. The Kier molecular flexibility index (Phi) is 6.06. The number of carboxylic acid groups (broad SMARTS) is 1. The lowest BCUT2D eigenvalue weighted by Crippen LogP contribution is -2.37. The normalized spacial score (nSPS) is 17.9. The minimum absolute atomic E-state index is 0.115. The fraction of sp³-hybridized carbons (Fsp3) is 0.333. The molecule has 2 aromatic heterocycles. The number of nitrogens with zero attached hydrogens (tertiary/aromatic N) is 3. The number of carboxylic acids is 1. The van der Waals surface area contributed by atoms with Gasteiger partial charge in [-0.25, -0.2) is 14.8 Å². The number of ether oxygens (including phenoxy) is 1. The Bertz CT molecular complexity index is 1170. The third kappa shape index (κ3) is 4.46. The molecule has 0 bridgehead atoms. The molecule has 1 fully saturated rings. The van der Waals surface area contributed by atoms with Crippen LogP contribution < -0.4 is 10.2 Å². The van der Waals surface area contributed by atoms with Crippen LogP contribution in [0.25, 0.3) is 0 Å². The Hall–Kier alpha value is -3.30. The van der Waals surface area contributed by atoms with Crippen molar-refractivity contribution in [1.29, 1.82) is 0 Å². The quantitative estimate of drug-likeness (QED) is 0.594. The van der Waals surface area contributed by atoms with Gasteiger partial charge in [0.15, 0.2) is 0 Å². The minimum Gasteiger partial charge on any atom is -0.478 e. The van der Waals surface area contributed by atoms with Crippen LogP contribution in [0.3, 0.4) is 0 Å². The van der Waals surface area contributed by atoms with Crippen molar-refractivity contribution in [2.24, 2.45) is 0 Å². The summed E-state index contributed by atoms with van der Waals surface area (Å²) in [4.78, 5) is 35.6. The molecule has 1 aliphatic carbocycles. The molecule has 5 rings (SSSR count). The zero-order valence-corrected chi connectivity index (χ0v) is 18.8. The largest absolute Gasteiger partial charge is 0.478 e. The molecule has 1 amide bonds. The number of benzene rings is 1. The van der Waals surface area contributed by atoms with E-state index in [2.05, 4.69) is 27.4 Å². The number of thiophene rings is 1. The van der Waals surface area contributed by atoms with Crippen LogP contribution in [0, 0.1) is 0 Å². The third-order valence-electron chi connectivity index (χ3n) is 6.24. The lowest BCUT2D eigenvalue weighted by atomic mass is 9.80. The minimum atomic E-state index is -1.03. The third-order valence-corrected chi connectivity index (χ3v) is 7.16. The molecule has 170 valence electrons. The SMILES string of the molecule is O=C(Nc1scc(C2CCc3ccccc3C2)c1C(=O)O)c1cnc(N2CCOCC2)nc1. The van der Waals surface area contributed by atoms with Gasteiger partial charge in [0.05, 0.1) is 24.3 Å². The Balaban J connectivity index is 1.33. The molecule has 1 saturated heterocycles. The molecule has 0 saturated carbocycles. The molecule has 0 spiro atoms.